The average Bonchev–Trinajstić information content (AvgIpc) is 2.47. The second-order valence-electron chi connectivity index (χ2n) is 4.53. The molecule has 0 saturated heterocycles. The summed E-state index contributed by atoms with van der Waals surface area (Å²) in [7, 11) is 0. The fourth-order valence-corrected chi connectivity index (χ4v) is 1.91. The molecule has 0 aliphatic rings. The van der Waals surface area contributed by atoms with E-state index in [4.69, 9.17) is 9.47 Å². The van der Waals surface area contributed by atoms with Crippen LogP contribution >= 0.6 is 0 Å². The molecule has 2 aromatic rings. The Hall–Kier alpha value is -2.62. The highest BCUT2D eigenvalue weighted by Gasteiger charge is 2.13. The lowest BCUT2D eigenvalue weighted by molar-refractivity contribution is -0.162. The molecule has 0 saturated carbocycles. The lowest BCUT2D eigenvalue weighted by atomic mass is 10.0. The van der Waals surface area contributed by atoms with Gasteiger partial charge in [0.1, 0.15) is 0 Å². The number of hydrogen-bond donors (Lipinski definition) is 0. The Morgan fingerprint density at radius 2 is 1.43 bits per heavy atom. The Labute approximate surface area is 123 Å². The third-order valence-electron chi connectivity index (χ3n) is 2.83. The van der Waals surface area contributed by atoms with Gasteiger partial charge in [-0.15, -0.1) is 0 Å². The summed E-state index contributed by atoms with van der Waals surface area (Å²) in [5, 5.41) is 0. The lowest BCUT2D eigenvalue weighted by Gasteiger charge is -2.12. The van der Waals surface area contributed by atoms with E-state index in [1.54, 1.807) is 12.1 Å². The van der Waals surface area contributed by atoms with E-state index in [0.29, 0.717) is 5.56 Å². The van der Waals surface area contributed by atoms with Crippen molar-refractivity contribution in [1.29, 1.82) is 0 Å². The van der Waals surface area contributed by atoms with Gasteiger partial charge in [0.25, 0.3) is 0 Å². The van der Waals surface area contributed by atoms with E-state index in [-0.39, 0.29) is 0 Å². The van der Waals surface area contributed by atoms with Gasteiger partial charge in [-0.05, 0) is 23.3 Å². The molecule has 1 unspecified atom stereocenters. The number of benzene rings is 2. The molecule has 0 aliphatic carbocycles. The summed E-state index contributed by atoms with van der Waals surface area (Å²) in [5.41, 5.74) is 2.50. The van der Waals surface area contributed by atoms with Gasteiger partial charge in [-0.3, -0.25) is 4.79 Å². The molecule has 1 atom stereocenters. The maximum absolute atomic E-state index is 11.9. The van der Waals surface area contributed by atoms with Crippen molar-refractivity contribution in [2.75, 3.05) is 0 Å². The van der Waals surface area contributed by atoms with Crippen LogP contribution in [0.3, 0.4) is 0 Å². The Kier molecular flexibility index (Phi) is 4.72. The Bertz CT molecular complexity index is 617. The first-order valence-corrected chi connectivity index (χ1v) is 6.60. The fraction of sp³-hybridized carbons (Fsp3) is 0.176. The molecule has 0 N–H and O–H groups in total. The maximum atomic E-state index is 11.9. The first-order chi connectivity index (χ1) is 10.1. The zero-order valence-corrected chi connectivity index (χ0v) is 11.9. The number of carbonyl (C=O) groups is 2. The van der Waals surface area contributed by atoms with E-state index in [1.807, 2.05) is 42.5 Å². The second-order valence-corrected chi connectivity index (χ2v) is 4.53. The molecule has 4 heteroatoms. The molecule has 0 aliphatic heterocycles. The number of carbonyl (C=O) groups excluding carboxylic acids is 2. The zero-order chi connectivity index (χ0) is 15.2. The minimum atomic E-state index is -0.899. The average molecular weight is 284 g/mol. The van der Waals surface area contributed by atoms with Gasteiger partial charge in [0.15, 0.2) is 0 Å². The van der Waals surface area contributed by atoms with Crippen molar-refractivity contribution >= 4 is 11.9 Å². The van der Waals surface area contributed by atoms with Crippen LogP contribution in [0.25, 0.3) is 11.1 Å². The van der Waals surface area contributed by atoms with Gasteiger partial charge >= 0.3 is 11.9 Å². The van der Waals surface area contributed by atoms with Crippen molar-refractivity contribution in [1.82, 2.24) is 0 Å². The maximum Gasteiger partial charge on any atom is 0.341 e. The molecule has 4 nitrogen and oxygen atoms in total. The van der Waals surface area contributed by atoms with Crippen molar-refractivity contribution in [2.24, 2.45) is 0 Å². The normalized spacial score (nSPS) is 11.5. The highest BCUT2D eigenvalue weighted by atomic mass is 16.7. The van der Waals surface area contributed by atoms with E-state index in [1.165, 1.54) is 13.8 Å². The van der Waals surface area contributed by atoms with E-state index >= 15 is 0 Å². The number of hydrogen-bond acceptors (Lipinski definition) is 4. The summed E-state index contributed by atoms with van der Waals surface area (Å²) >= 11 is 0. The minimum Gasteiger partial charge on any atom is -0.426 e. The molecule has 0 heterocycles. The van der Waals surface area contributed by atoms with E-state index < -0.39 is 18.2 Å². The van der Waals surface area contributed by atoms with Crippen molar-refractivity contribution in [3.05, 3.63) is 60.2 Å². The summed E-state index contributed by atoms with van der Waals surface area (Å²) in [6.45, 7) is 2.76. The van der Waals surface area contributed by atoms with Gasteiger partial charge in [-0.25, -0.2) is 4.79 Å². The first kappa shape index (κ1) is 14.8. The van der Waals surface area contributed by atoms with Gasteiger partial charge < -0.3 is 9.47 Å². The summed E-state index contributed by atoms with van der Waals surface area (Å²) in [6, 6.07) is 16.9. The highest BCUT2D eigenvalue weighted by Crippen LogP contribution is 2.19. The van der Waals surface area contributed by atoms with Gasteiger partial charge in [0.05, 0.1) is 5.56 Å². The Balaban J connectivity index is 2.05. The molecule has 108 valence electrons. The molecule has 2 aromatic carbocycles. The van der Waals surface area contributed by atoms with Crippen molar-refractivity contribution in [2.45, 2.75) is 20.1 Å². The van der Waals surface area contributed by atoms with E-state index in [2.05, 4.69) is 0 Å². The Morgan fingerprint density at radius 1 is 0.857 bits per heavy atom. The van der Waals surface area contributed by atoms with E-state index in [9.17, 15) is 9.59 Å². The summed E-state index contributed by atoms with van der Waals surface area (Å²) in [4.78, 5) is 22.6. The fourth-order valence-electron chi connectivity index (χ4n) is 1.91. The molecule has 0 aromatic heterocycles. The SMILES string of the molecule is CC(=O)OC(C)OC(=O)c1ccc(-c2ccccc2)cc1. The van der Waals surface area contributed by atoms with Gasteiger partial charge in [0.2, 0.25) is 6.29 Å². The predicted octanol–water partition coefficient (Wildman–Crippen LogP) is 3.42. The van der Waals surface area contributed by atoms with Crippen LogP contribution in [0.15, 0.2) is 54.6 Å². The van der Waals surface area contributed by atoms with E-state index in [0.717, 1.165) is 11.1 Å². The zero-order valence-electron chi connectivity index (χ0n) is 11.9. The van der Waals surface area contributed by atoms with Crippen LogP contribution < -0.4 is 0 Å². The summed E-state index contributed by atoms with van der Waals surface area (Å²) in [6.07, 6.45) is -0.899. The minimum absolute atomic E-state index is 0.411. The molecule has 0 bridgehead atoms. The molecule has 0 fully saturated rings. The monoisotopic (exact) mass is 284 g/mol. The Morgan fingerprint density at radius 3 is 2.00 bits per heavy atom. The largest absolute Gasteiger partial charge is 0.426 e. The van der Waals surface area contributed by atoms with Crippen LogP contribution in [0, 0.1) is 0 Å². The third-order valence-corrected chi connectivity index (χ3v) is 2.83. The highest BCUT2D eigenvalue weighted by molar-refractivity contribution is 5.90. The molecule has 0 radical (unpaired) electrons. The smallest absolute Gasteiger partial charge is 0.341 e. The van der Waals surface area contributed by atoms with Crippen molar-refractivity contribution in [3.63, 3.8) is 0 Å². The summed E-state index contributed by atoms with van der Waals surface area (Å²) in [5.74, 6) is -1.02. The van der Waals surface area contributed by atoms with Gasteiger partial charge in [-0.1, -0.05) is 42.5 Å². The number of esters is 2. The van der Waals surface area contributed by atoms with Crippen LogP contribution in [0.5, 0.6) is 0 Å². The van der Waals surface area contributed by atoms with Crippen molar-refractivity contribution < 1.29 is 19.1 Å². The van der Waals surface area contributed by atoms with Crippen LogP contribution in [0.4, 0.5) is 0 Å². The predicted molar refractivity (Wildman–Crippen MR) is 78.5 cm³/mol. The quantitative estimate of drug-likeness (QED) is 0.637. The van der Waals surface area contributed by atoms with Crippen molar-refractivity contribution in [3.8, 4) is 11.1 Å². The second kappa shape index (κ2) is 6.70. The standard InChI is InChI=1S/C17H16O4/c1-12(18)20-13(2)21-17(19)16-10-8-15(9-11-16)14-6-4-3-5-7-14/h3-11,13H,1-2H3. The molecule has 2 rings (SSSR count). The molecular formula is C17H16O4. The number of rotatable bonds is 4. The van der Waals surface area contributed by atoms with Crippen LogP contribution in [0.1, 0.15) is 24.2 Å². The topological polar surface area (TPSA) is 52.6 Å². The molecular weight excluding hydrogens is 268 g/mol. The molecule has 0 spiro atoms. The molecule has 21 heavy (non-hydrogen) atoms. The van der Waals surface area contributed by atoms with Gasteiger partial charge in [0, 0.05) is 13.8 Å². The number of ether oxygens (including phenoxy) is 2. The molecule has 0 amide bonds. The van der Waals surface area contributed by atoms with Crippen LogP contribution in [0.2, 0.25) is 0 Å². The lowest BCUT2D eigenvalue weighted by Crippen LogP contribution is -2.20. The van der Waals surface area contributed by atoms with Crippen LogP contribution in [-0.4, -0.2) is 18.2 Å². The third kappa shape index (κ3) is 4.18. The first-order valence-electron chi connectivity index (χ1n) is 6.60. The van der Waals surface area contributed by atoms with Gasteiger partial charge in [-0.2, -0.15) is 0 Å². The van der Waals surface area contributed by atoms with Crippen LogP contribution in [-0.2, 0) is 14.3 Å². The summed E-state index contributed by atoms with van der Waals surface area (Å²) < 4.78 is 9.76.